The minimum absolute atomic E-state index is 0.0707. The third kappa shape index (κ3) is 2.76. The van der Waals surface area contributed by atoms with Crippen LogP contribution in [0.5, 0.6) is 11.5 Å². The molecule has 0 spiro atoms. The zero-order valence-corrected chi connectivity index (χ0v) is 13.2. The molecule has 24 heavy (non-hydrogen) atoms. The predicted molar refractivity (Wildman–Crippen MR) is 93.4 cm³/mol. The van der Waals surface area contributed by atoms with Crippen LogP contribution in [0.2, 0.25) is 0 Å². The summed E-state index contributed by atoms with van der Waals surface area (Å²) in [7, 11) is 0. The topological polar surface area (TPSA) is 38.3 Å². The molecule has 0 fully saturated rings. The van der Waals surface area contributed by atoms with Gasteiger partial charge in [0.1, 0.15) is 11.5 Å². The molecule has 0 unspecified atom stereocenters. The first kappa shape index (κ1) is 14.5. The van der Waals surface area contributed by atoms with Crippen molar-refractivity contribution in [1.82, 2.24) is 5.32 Å². The van der Waals surface area contributed by atoms with E-state index in [1.807, 2.05) is 72.8 Å². The highest BCUT2D eigenvalue weighted by Gasteiger charge is 2.22. The molecule has 0 aliphatic carbocycles. The van der Waals surface area contributed by atoms with Crippen molar-refractivity contribution in [1.29, 1.82) is 0 Å². The van der Waals surface area contributed by atoms with E-state index >= 15 is 0 Å². The first-order valence-corrected chi connectivity index (χ1v) is 8.01. The van der Waals surface area contributed by atoms with Crippen molar-refractivity contribution >= 4 is 5.91 Å². The minimum Gasteiger partial charge on any atom is -0.457 e. The predicted octanol–water partition coefficient (Wildman–Crippen LogP) is 4.31. The van der Waals surface area contributed by atoms with E-state index in [0.29, 0.717) is 18.5 Å². The number of benzene rings is 3. The van der Waals surface area contributed by atoms with E-state index in [0.717, 1.165) is 28.2 Å². The van der Waals surface area contributed by atoms with Gasteiger partial charge in [0, 0.05) is 24.1 Å². The highest BCUT2D eigenvalue weighted by atomic mass is 16.5. The summed E-state index contributed by atoms with van der Waals surface area (Å²) in [5, 5.41) is 2.99. The molecule has 1 amide bonds. The van der Waals surface area contributed by atoms with Crippen LogP contribution in [-0.4, -0.2) is 5.91 Å². The average molecular weight is 315 g/mol. The van der Waals surface area contributed by atoms with Crippen LogP contribution in [0.4, 0.5) is 0 Å². The lowest BCUT2D eigenvalue weighted by molar-refractivity contribution is 0.0949. The van der Waals surface area contributed by atoms with Crippen molar-refractivity contribution in [2.24, 2.45) is 0 Å². The van der Waals surface area contributed by atoms with E-state index in [1.165, 1.54) is 0 Å². The summed E-state index contributed by atoms with van der Waals surface area (Å²) in [4.78, 5) is 12.6. The number of carbonyl (C=O) groups excluding carboxylic acids is 1. The van der Waals surface area contributed by atoms with Gasteiger partial charge in [-0.15, -0.1) is 0 Å². The molecule has 3 nitrogen and oxygen atoms in total. The Labute approximate surface area is 140 Å². The second kappa shape index (κ2) is 6.20. The summed E-state index contributed by atoms with van der Waals surface area (Å²) in [6, 6.07) is 23.5. The van der Waals surface area contributed by atoms with Crippen molar-refractivity contribution in [3.8, 4) is 11.5 Å². The summed E-state index contributed by atoms with van der Waals surface area (Å²) < 4.78 is 5.95. The van der Waals surface area contributed by atoms with Crippen molar-refractivity contribution in [2.75, 3.05) is 0 Å². The molecule has 0 radical (unpaired) electrons. The number of fused-ring (bicyclic) bond motifs is 2. The van der Waals surface area contributed by atoms with Gasteiger partial charge in [-0.25, -0.2) is 0 Å². The van der Waals surface area contributed by atoms with Gasteiger partial charge in [0.15, 0.2) is 0 Å². The fourth-order valence-electron chi connectivity index (χ4n) is 2.99. The van der Waals surface area contributed by atoms with Crippen LogP contribution >= 0.6 is 0 Å². The summed E-state index contributed by atoms with van der Waals surface area (Å²) >= 11 is 0. The fraction of sp³-hybridized carbons (Fsp3) is 0.0952. The quantitative estimate of drug-likeness (QED) is 0.611. The van der Waals surface area contributed by atoms with Crippen LogP contribution in [0.25, 0.3) is 0 Å². The molecule has 3 aromatic rings. The zero-order valence-electron chi connectivity index (χ0n) is 13.2. The molecule has 0 bridgehead atoms. The molecule has 4 rings (SSSR count). The normalized spacial score (nSPS) is 11.8. The van der Waals surface area contributed by atoms with Gasteiger partial charge in [-0.3, -0.25) is 4.79 Å². The van der Waals surface area contributed by atoms with Crippen molar-refractivity contribution < 1.29 is 9.53 Å². The second-order valence-electron chi connectivity index (χ2n) is 5.84. The average Bonchev–Trinajstić information content (AvgIpc) is 2.64. The standard InChI is InChI=1S/C21H17NO2/c23-21(22-14-15-7-2-1-3-8-15)17-10-6-12-20-18(17)13-16-9-4-5-11-19(16)24-20/h1-12H,13-14H2,(H,22,23). The molecule has 3 heteroatoms. The Kier molecular flexibility index (Phi) is 3.75. The summed E-state index contributed by atoms with van der Waals surface area (Å²) in [6.45, 7) is 0.515. The lowest BCUT2D eigenvalue weighted by atomic mass is 9.95. The van der Waals surface area contributed by atoms with E-state index < -0.39 is 0 Å². The number of rotatable bonds is 3. The molecule has 0 saturated heterocycles. The van der Waals surface area contributed by atoms with Gasteiger partial charge < -0.3 is 10.1 Å². The molecule has 1 heterocycles. The van der Waals surface area contributed by atoms with Gasteiger partial charge in [0.2, 0.25) is 0 Å². The number of amides is 1. The molecule has 1 aliphatic rings. The third-order valence-corrected chi connectivity index (χ3v) is 4.23. The van der Waals surface area contributed by atoms with E-state index in [4.69, 9.17) is 4.74 Å². The van der Waals surface area contributed by atoms with Gasteiger partial charge in [0.25, 0.3) is 5.91 Å². The lowest BCUT2D eigenvalue weighted by Gasteiger charge is -2.22. The smallest absolute Gasteiger partial charge is 0.251 e. The highest BCUT2D eigenvalue weighted by Crippen LogP contribution is 2.37. The van der Waals surface area contributed by atoms with Crippen LogP contribution in [0, 0.1) is 0 Å². The van der Waals surface area contributed by atoms with Crippen molar-refractivity contribution in [3.63, 3.8) is 0 Å². The van der Waals surface area contributed by atoms with Gasteiger partial charge >= 0.3 is 0 Å². The molecule has 1 N–H and O–H groups in total. The number of nitrogens with one attached hydrogen (secondary N) is 1. The van der Waals surface area contributed by atoms with Crippen LogP contribution in [-0.2, 0) is 13.0 Å². The van der Waals surface area contributed by atoms with E-state index in [-0.39, 0.29) is 5.91 Å². The maximum Gasteiger partial charge on any atom is 0.251 e. The number of para-hydroxylation sites is 1. The number of carbonyl (C=O) groups is 1. The second-order valence-corrected chi connectivity index (χ2v) is 5.84. The van der Waals surface area contributed by atoms with Gasteiger partial charge in [0.05, 0.1) is 0 Å². The van der Waals surface area contributed by atoms with Gasteiger partial charge in [-0.05, 0) is 29.3 Å². The third-order valence-electron chi connectivity index (χ3n) is 4.23. The fourth-order valence-corrected chi connectivity index (χ4v) is 2.99. The Morgan fingerprint density at radius 2 is 1.62 bits per heavy atom. The first-order chi connectivity index (χ1) is 11.8. The van der Waals surface area contributed by atoms with Crippen LogP contribution in [0.3, 0.4) is 0 Å². The molecule has 118 valence electrons. The maximum atomic E-state index is 12.6. The van der Waals surface area contributed by atoms with Crippen LogP contribution < -0.4 is 10.1 Å². The van der Waals surface area contributed by atoms with Gasteiger partial charge in [-0.1, -0.05) is 54.6 Å². The summed E-state index contributed by atoms with van der Waals surface area (Å²) in [6.07, 6.45) is 0.709. The minimum atomic E-state index is -0.0707. The number of hydrogen-bond donors (Lipinski definition) is 1. The molecular weight excluding hydrogens is 298 g/mol. The number of hydrogen-bond acceptors (Lipinski definition) is 2. The van der Waals surface area contributed by atoms with Crippen molar-refractivity contribution in [3.05, 3.63) is 95.1 Å². The Balaban J connectivity index is 1.58. The lowest BCUT2D eigenvalue weighted by Crippen LogP contribution is -2.24. The largest absolute Gasteiger partial charge is 0.457 e. The van der Waals surface area contributed by atoms with E-state index in [1.54, 1.807) is 0 Å². The van der Waals surface area contributed by atoms with Crippen LogP contribution in [0.15, 0.2) is 72.8 Å². The Morgan fingerprint density at radius 3 is 2.50 bits per heavy atom. The molecule has 1 aliphatic heterocycles. The highest BCUT2D eigenvalue weighted by molar-refractivity contribution is 5.96. The molecular formula is C21H17NO2. The number of ether oxygens (including phenoxy) is 1. The molecule has 3 aromatic carbocycles. The summed E-state index contributed by atoms with van der Waals surface area (Å²) in [5.74, 6) is 1.56. The Hall–Kier alpha value is -3.07. The summed E-state index contributed by atoms with van der Waals surface area (Å²) in [5.41, 5.74) is 3.81. The zero-order chi connectivity index (χ0) is 16.4. The Bertz CT molecular complexity index is 887. The van der Waals surface area contributed by atoms with E-state index in [2.05, 4.69) is 5.32 Å². The van der Waals surface area contributed by atoms with Crippen molar-refractivity contribution in [2.45, 2.75) is 13.0 Å². The molecule has 0 saturated carbocycles. The van der Waals surface area contributed by atoms with E-state index in [9.17, 15) is 4.79 Å². The molecule has 0 aromatic heterocycles. The first-order valence-electron chi connectivity index (χ1n) is 8.01. The monoisotopic (exact) mass is 315 g/mol. The Morgan fingerprint density at radius 1 is 0.875 bits per heavy atom. The van der Waals surface area contributed by atoms with Crippen LogP contribution in [0.1, 0.15) is 27.0 Å². The molecule has 0 atom stereocenters. The van der Waals surface area contributed by atoms with Gasteiger partial charge in [-0.2, -0.15) is 0 Å². The SMILES string of the molecule is O=C(NCc1ccccc1)c1cccc2c1Cc1ccccc1O2. The maximum absolute atomic E-state index is 12.6.